The molecule has 0 fully saturated rings. The van der Waals surface area contributed by atoms with Crippen molar-refractivity contribution in [2.24, 2.45) is 0 Å². The molecule has 2 rings (SSSR count). The summed E-state index contributed by atoms with van der Waals surface area (Å²) in [6.45, 7) is 1.92. The Morgan fingerprint density at radius 2 is 1.73 bits per heavy atom. The molecule has 0 atom stereocenters. The average molecular weight is 302 g/mol. The number of benzene rings is 2. The molecule has 0 heterocycles. The second-order valence-corrected chi connectivity index (χ2v) is 5.08. The molecule has 0 spiro atoms. The Balaban J connectivity index is 2.49. The number of aldehydes is 1. The third-order valence-corrected chi connectivity index (χ3v) is 3.61. The van der Waals surface area contributed by atoms with Crippen LogP contribution in [0.1, 0.15) is 32.6 Å². The van der Waals surface area contributed by atoms with Gasteiger partial charge in [0.25, 0.3) is 0 Å². The van der Waals surface area contributed by atoms with Gasteiger partial charge >= 0.3 is 6.18 Å². The first-order valence-electron chi connectivity index (χ1n) is 6.73. The van der Waals surface area contributed by atoms with Crippen molar-refractivity contribution >= 4 is 31.7 Å². The second-order valence-electron chi connectivity index (χ2n) is 5.08. The first-order chi connectivity index (χ1) is 10.3. The number of carbonyl (C=O) groups excluding carboxylic acids is 1. The van der Waals surface area contributed by atoms with E-state index in [1.165, 1.54) is 18.2 Å². The maximum Gasteiger partial charge on any atom is 0.416 e. The Labute approximate surface area is 127 Å². The SMILES string of the molecule is Bc1cccc(/C=C/c2cc(C=O)ccc2C(F)(F)F)c1C. The summed E-state index contributed by atoms with van der Waals surface area (Å²) in [4.78, 5) is 10.8. The van der Waals surface area contributed by atoms with Crippen LogP contribution < -0.4 is 5.46 Å². The van der Waals surface area contributed by atoms with E-state index in [4.69, 9.17) is 0 Å². The lowest BCUT2D eigenvalue weighted by Crippen LogP contribution is -2.08. The molecular formula is C17H14BF3O. The van der Waals surface area contributed by atoms with Gasteiger partial charge in [0.15, 0.2) is 0 Å². The molecule has 0 radical (unpaired) electrons. The maximum absolute atomic E-state index is 13.0. The summed E-state index contributed by atoms with van der Waals surface area (Å²) in [6.07, 6.45) is -0.878. The molecule has 2 aromatic carbocycles. The number of rotatable bonds is 3. The molecule has 0 saturated heterocycles. The van der Waals surface area contributed by atoms with Crippen LogP contribution in [0.5, 0.6) is 0 Å². The number of alkyl halides is 3. The topological polar surface area (TPSA) is 17.1 Å². The predicted molar refractivity (Wildman–Crippen MR) is 85.1 cm³/mol. The van der Waals surface area contributed by atoms with Gasteiger partial charge in [-0.05, 0) is 30.2 Å². The monoisotopic (exact) mass is 302 g/mol. The van der Waals surface area contributed by atoms with Gasteiger partial charge in [-0.3, -0.25) is 4.79 Å². The van der Waals surface area contributed by atoms with Crippen molar-refractivity contribution in [3.8, 4) is 0 Å². The zero-order chi connectivity index (χ0) is 16.3. The van der Waals surface area contributed by atoms with Gasteiger partial charge in [0.05, 0.1) is 5.56 Å². The van der Waals surface area contributed by atoms with E-state index in [9.17, 15) is 18.0 Å². The molecule has 0 aliphatic rings. The van der Waals surface area contributed by atoms with Crippen molar-refractivity contribution in [2.75, 3.05) is 0 Å². The van der Waals surface area contributed by atoms with Gasteiger partial charge in [0, 0.05) is 5.56 Å². The Morgan fingerprint density at radius 3 is 2.36 bits per heavy atom. The summed E-state index contributed by atoms with van der Waals surface area (Å²) in [7, 11) is 1.95. The Bertz CT molecular complexity index is 733. The van der Waals surface area contributed by atoms with Crippen LogP contribution in [-0.2, 0) is 6.18 Å². The van der Waals surface area contributed by atoms with Crippen LogP contribution in [0.3, 0.4) is 0 Å². The van der Waals surface area contributed by atoms with Gasteiger partial charge in [-0.1, -0.05) is 47.4 Å². The lowest BCUT2D eigenvalue weighted by Gasteiger charge is -2.11. The van der Waals surface area contributed by atoms with Gasteiger partial charge in [0.1, 0.15) is 14.1 Å². The summed E-state index contributed by atoms with van der Waals surface area (Å²) in [5.41, 5.74) is 2.38. The first kappa shape index (κ1) is 16.1. The maximum atomic E-state index is 13.0. The number of hydrogen-bond donors (Lipinski definition) is 0. The minimum atomic E-state index is -4.46. The lowest BCUT2D eigenvalue weighted by atomic mass is 9.88. The minimum Gasteiger partial charge on any atom is -0.298 e. The van der Waals surface area contributed by atoms with Gasteiger partial charge < -0.3 is 0 Å². The fourth-order valence-electron chi connectivity index (χ4n) is 2.18. The van der Waals surface area contributed by atoms with E-state index in [-0.39, 0.29) is 11.1 Å². The summed E-state index contributed by atoms with van der Waals surface area (Å²) in [6, 6.07) is 9.00. The summed E-state index contributed by atoms with van der Waals surface area (Å²) in [5, 5.41) is 0. The van der Waals surface area contributed by atoms with E-state index >= 15 is 0 Å². The van der Waals surface area contributed by atoms with Crippen LogP contribution in [0, 0.1) is 6.92 Å². The van der Waals surface area contributed by atoms with Gasteiger partial charge in [-0.25, -0.2) is 0 Å². The molecule has 0 bridgehead atoms. The molecule has 0 unspecified atom stereocenters. The van der Waals surface area contributed by atoms with Crippen LogP contribution in [0.25, 0.3) is 12.2 Å². The molecule has 0 saturated carbocycles. The molecule has 112 valence electrons. The van der Waals surface area contributed by atoms with Crippen molar-refractivity contribution in [3.05, 3.63) is 64.2 Å². The van der Waals surface area contributed by atoms with Gasteiger partial charge in [0.2, 0.25) is 0 Å². The lowest BCUT2D eigenvalue weighted by molar-refractivity contribution is -0.137. The van der Waals surface area contributed by atoms with Crippen LogP contribution in [0.15, 0.2) is 36.4 Å². The Hall–Kier alpha value is -2.30. The zero-order valence-corrected chi connectivity index (χ0v) is 12.2. The molecule has 0 aromatic heterocycles. The second kappa shape index (κ2) is 6.22. The normalized spacial score (nSPS) is 11.8. The van der Waals surface area contributed by atoms with Crippen molar-refractivity contribution in [3.63, 3.8) is 0 Å². The number of halogens is 3. The summed E-state index contributed by atoms with van der Waals surface area (Å²) < 4.78 is 39.1. The largest absolute Gasteiger partial charge is 0.416 e. The highest BCUT2D eigenvalue weighted by Gasteiger charge is 2.32. The molecule has 1 nitrogen and oxygen atoms in total. The highest BCUT2D eigenvalue weighted by Crippen LogP contribution is 2.33. The third-order valence-electron chi connectivity index (χ3n) is 3.61. The Kier molecular flexibility index (Phi) is 4.55. The van der Waals surface area contributed by atoms with Gasteiger partial charge in [-0.15, -0.1) is 0 Å². The van der Waals surface area contributed by atoms with Crippen LogP contribution in [0.4, 0.5) is 13.2 Å². The summed E-state index contributed by atoms with van der Waals surface area (Å²) in [5.74, 6) is 0. The van der Waals surface area contributed by atoms with E-state index in [0.29, 0.717) is 6.29 Å². The number of hydrogen-bond acceptors (Lipinski definition) is 1. The fraction of sp³-hybridized carbons (Fsp3) is 0.118. The highest BCUT2D eigenvalue weighted by molar-refractivity contribution is 6.33. The summed E-state index contributed by atoms with van der Waals surface area (Å²) >= 11 is 0. The molecule has 0 aliphatic carbocycles. The highest BCUT2D eigenvalue weighted by atomic mass is 19.4. The molecule has 2 aromatic rings. The quantitative estimate of drug-likeness (QED) is 0.483. The molecular weight excluding hydrogens is 288 g/mol. The molecule has 5 heteroatoms. The molecule has 22 heavy (non-hydrogen) atoms. The third kappa shape index (κ3) is 3.48. The van der Waals surface area contributed by atoms with Crippen molar-refractivity contribution in [1.29, 1.82) is 0 Å². The fourth-order valence-corrected chi connectivity index (χ4v) is 2.18. The standard InChI is InChI=1S/C17H14BF3O/c1-11-13(3-2-4-16(11)18)6-7-14-9-12(10-22)5-8-15(14)17(19,20)21/h2-10H,18H2,1H3/b7-6+. The zero-order valence-electron chi connectivity index (χ0n) is 12.2. The van der Waals surface area contributed by atoms with Crippen LogP contribution >= 0.6 is 0 Å². The van der Waals surface area contributed by atoms with Crippen molar-refractivity contribution < 1.29 is 18.0 Å². The average Bonchev–Trinajstić information content (AvgIpc) is 2.47. The van der Waals surface area contributed by atoms with E-state index in [1.807, 2.05) is 33.0 Å². The van der Waals surface area contributed by atoms with Gasteiger partial charge in [-0.2, -0.15) is 13.2 Å². The van der Waals surface area contributed by atoms with E-state index in [1.54, 1.807) is 6.08 Å². The molecule has 0 N–H and O–H groups in total. The van der Waals surface area contributed by atoms with E-state index < -0.39 is 11.7 Å². The molecule has 0 aliphatic heterocycles. The van der Waals surface area contributed by atoms with Crippen molar-refractivity contribution in [2.45, 2.75) is 13.1 Å². The minimum absolute atomic E-state index is 0.0157. The molecule has 0 amide bonds. The van der Waals surface area contributed by atoms with E-state index in [2.05, 4.69) is 0 Å². The number of carbonyl (C=O) groups is 1. The Morgan fingerprint density at radius 1 is 1.05 bits per heavy atom. The van der Waals surface area contributed by atoms with Crippen LogP contribution in [0.2, 0.25) is 0 Å². The smallest absolute Gasteiger partial charge is 0.298 e. The van der Waals surface area contributed by atoms with Crippen LogP contribution in [-0.4, -0.2) is 14.1 Å². The van der Waals surface area contributed by atoms with Crippen molar-refractivity contribution in [1.82, 2.24) is 0 Å². The predicted octanol–water partition coefficient (Wildman–Crippen LogP) is 3.26. The first-order valence-corrected chi connectivity index (χ1v) is 6.73. The van der Waals surface area contributed by atoms with E-state index in [0.717, 1.165) is 22.7 Å².